The van der Waals surface area contributed by atoms with Crippen LogP contribution in [0, 0.1) is 0 Å². The van der Waals surface area contributed by atoms with E-state index in [1.807, 2.05) is 0 Å². The highest BCUT2D eigenvalue weighted by Gasteiger charge is 2.40. The molecule has 4 heteroatoms. The molecule has 0 bridgehead atoms. The van der Waals surface area contributed by atoms with Gasteiger partial charge in [-0.05, 0) is 6.92 Å². The summed E-state index contributed by atoms with van der Waals surface area (Å²) >= 11 is 0. The molecule has 1 saturated heterocycles. The molecule has 10 heavy (non-hydrogen) atoms. The summed E-state index contributed by atoms with van der Waals surface area (Å²) in [5.41, 5.74) is 0. The maximum Gasteiger partial charge on any atom is 0.165 e. The average Bonchev–Trinajstić information content (AvgIpc) is 2.13. The fourth-order valence-corrected chi connectivity index (χ4v) is 0.985. The van der Waals surface area contributed by atoms with E-state index in [1.54, 1.807) is 0 Å². The number of aliphatic hydroxyl groups is 3. The van der Waals surface area contributed by atoms with Crippen LogP contribution in [0.25, 0.3) is 0 Å². The van der Waals surface area contributed by atoms with Gasteiger partial charge in [0.05, 0.1) is 12.7 Å². The lowest BCUT2D eigenvalue weighted by Gasteiger charge is -2.15. The summed E-state index contributed by atoms with van der Waals surface area (Å²) in [4.78, 5) is 0. The molecule has 0 radical (unpaired) electrons. The molecule has 1 heterocycles. The Bertz CT molecular complexity index is 150. The summed E-state index contributed by atoms with van der Waals surface area (Å²) in [6.45, 7) is 0.913. The van der Waals surface area contributed by atoms with E-state index in [9.17, 15) is 5.11 Å². The first-order chi connectivity index (χ1) is 4.99. The fraction of sp³-hybridized carbons (Fsp3) is 1.00. The van der Waals surface area contributed by atoms with Gasteiger partial charge in [0, 0.05) is 7.77 Å². The first-order valence-electron chi connectivity index (χ1n) is 3.68. The molecule has 1 rings (SSSR count). The second kappa shape index (κ2) is 2.47. The van der Waals surface area contributed by atoms with Gasteiger partial charge in [-0.15, -0.1) is 0 Å². The van der Waals surface area contributed by atoms with E-state index < -0.39 is 24.4 Å². The first-order valence-corrected chi connectivity index (χ1v) is 3.10. The van der Waals surface area contributed by atoms with Gasteiger partial charge < -0.3 is 20.1 Å². The molecule has 1 aliphatic rings. The Labute approximate surface area is 60.5 Å². The maximum absolute atomic E-state index is 9.25. The number of hydrogen-bond donors (Lipinski definition) is 3. The first kappa shape index (κ1) is 6.54. The summed E-state index contributed by atoms with van der Waals surface area (Å²) < 4.78 is 12.0. The van der Waals surface area contributed by atoms with Crippen molar-refractivity contribution in [1.29, 1.82) is 0 Å². The summed E-state index contributed by atoms with van der Waals surface area (Å²) in [6, 6.07) is 0. The monoisotopic (exact) mass is 149 g/mol. The molecule has 0 saturated carbocycles. The Morgan fingerprint density at radius 1 is 1.90 bits per heavy atom. The minimum Gasteiger partial charge on any atom is -0.394 e. The van der Waals surface area contributed by atoms with Crippen molar-refractivity contribution in [2.45, 2.75) is 31.3 Å². The van der Waals surface area contributed by atoms with Gasteiger partial charge in [0.1, 0.15) is 6.10 Å². The molecule has 0 aromatic heterocycles. The summed E-state index contributed by atoms with van der Waals surface area (Å²) in [7, 11) is 0. The van der Waals surface area contributed by atoms with E-state index in [1.165, 1.54) is 6.92 Å². The molecule has 1 aliphatic heterocycles. The van der Waals surface area contributed by atoms with Gasteiger partial charge in [0.15, 0.2) is 5.79 Å². The highest BCUT2D eigenvalue weighted by molar-refractivity contribution is 4.83. The summed E-state index contributed by atoms with van der Waals surface area (Å²) in [6.07, 6.45) is -3.07. The third-order valence-electron chi connectivity index (χ3n) is 1.43. The van der Waals surface area contributed by atoms with Crippen LogP contribution in [0.4, 0.5) is 0 Å². The maximum atomic E-state index is 9.25. The van der Waals surface area contributed by atoms with Crippen molar-refractivity contribution in [3.63, 3.8) is 0 Å². The molecule has 0 aliphatic carbocycles. The Morgan fingerprint density at radius 2 is 2.50 bits per heavy atom. The van der Waals surface area contributed by atoms with Crippen LogP contribution in [-0.2, 0) is 4.74 Å². The van der Waals surface area contributed by atoms with E-state index in [2.05, 4.69) is 0 Å². The standard InChI is InChI=1S/C6H12O4/c1-6(9)2-4(8)5(3-7)10-6/h4-5,7-9H,2-3H2,1H3/t4-,5+,6?/m0/s1/i2D/t2-,4-,5+,6?. The molecule has 4 atom stereocenters. The number of aliphatic hydroxyl groups excluding tert-OH is 2. The van der Waals surface area contributed by atoms with Gasteiger partial charge in [-0.3, -0.25) is 0 Å². The molecule has 0 spiro atoms. The van der Waals surface area contributed by atoms with Gasteiger partial charge in [-0.2, -0.15) is 0 Å². The quantitative estimate of drug-likeness (QED) is 0.439. The second-order valence-electron chi connectivity index (χ2n) is 2.55. The van der Waals surface area contributed by atoms with Gasteiger partial charge in [0.25, 0.3) is 0 Å². The van der Waals surface area contributed by atoms with E-state index in [0.29, 0.717) is 0 Å². The Hall–Kier alpha value is -0.160. The minimum absolute atomic E-state index is 0.382. The average molecular weight is 149 g/mol. The highest BCUT2D eigenvalue weighted by atomic mass is 16.6. The molecule has 4 nitrogen and oxygen atoms in total. The zero-order chi connectivity index (χ0) is 8.65. The second-order valence-corrected chi connectivity index (χ2v) is 2.55. The van der Waals surface area contributed by atoms with Crippen LogP contribution in [0.15, 0.2) is 0 Å². The zero-order valence-corrected chi connectivity index (χ0v) is 5.69. The lowest BCUT2D eigenvalue weighted by Crippen LogP contribution is -2.26. The Kier molecular flexibility index (Phi) is 1.61. The molecule has 0 aromatic carbocycles. The smallest absolute Gasteiger partial charge is 0.165 e. The molecule has 0 aromatic rings. The van der Waals surface area contributed by atoms with Crippen molar-refractivity contribution in [2.75, 3.05) is 6.61 Å². The van der Waals surface area contributed by atoms with Gasteiger partial charge in [-0.25, -0.2) is 0 Å². The van der Waals surface area contributed by atoms with Crippen LogP contribution in [0.2, 0.25) is 0 Å². The third-order valence-corrected chi connectivity index (χ3v) is 1.43. The molecular weight excluding hydrogens is 136 g/mol. The SMILES string of the molecule is [2H][C@H]1[C@H](O)[C@@H](CO)OC1(C)O. The van der Waals surface area contributed by atoms with Gasteiger partial charge >= 0.3 is 0 Å². The van der Waals surface area contributed by atoms with Crippen molar-refractivity contribution in [3.8, 4) is 0 Å². The van der Waals surface area contributed by atoms with E-state index in [4.69, 9.17) is 16.3 Å². The van der Waals surface area contributed by atoms with Gasteiger partial charge in [-0.1, -0.05) is 0 Å². The van der Waals surface area contributed by atoms with Crippen LogP contribution >= 0.6 is 0 Å². The predicted octanol–water partition coefficient (Wildman–Crippen LogP) is -1.16. The summed E-state index contributed by atoms with van der Waals surface area (Å²) in [5, 5.41) is 27.0. The van der Waals surface area contributed by atoms with Crippen molar-refractivity contribution in [2.24, 2.45) is 0 Å². The minimum atomic E-state index is -1.65. The molecule has 60 valence electrons. The number of rotatable bonds is 1. The Morgan fingerprint density at radius 3 is 2.70 bits per heavy atom. The zero-order valence-electron chi connectivity index (χ0n) is 6.69. The molecule has 1 fully saturated rings. The molecule has 3 N–H and O–H groups in total. The van der Waals surface area contributed by atoms with Crippen molar-refractivity contribution >= 4 is 0 Å². The van der Waals surface area contributed by atoms with Crippen LogP contribution in [0.1, 0.15) is 14.7 Å². The molecule has 1 unspecified atom stereocenters. The molecule has 0 amide bonds. The number of ether oxygens (including phenoxy) is 1. The van der Waals surface area contributed by atoms with E-state index in [0.717, 1.165) is 0 Å². The van der Waals surface area contributed by atoms with E-state index in [-0.39, 0.29) is 6.61 Å². The highest BCUT2D eigenvalue weighted by Crippen LogP contribution is 2.27. The lowest BCUT2D eigenvalue weighted by atomic mass is 10.1. The largest absolute Gasteiger partial charge is 0.394 e. The molecular formula is C6H12O4. The van der Waals surface area contributed by atoms with Crippen molar-refractivity contribution < 1.29 is 21.4 Å². The van der Waals surface area contributed by atoms with Crippen molar-refractivity contribution in [1.82, 2.24) is 0 Å². The Balaban J connectivity index is 2.69. The van der Waals surface area contributed by atoms with Crippen LogP contribution in [-0.4, -0.2) is 39.9 Å². The van der Waals surface area contributed by atoms with Crippen LogP contribution < -0.4 is 0 Å². The fourth-order valence-electron chi connectivity index (χ4n) is 0.985. The third kappa shape index (κ3) is 1.46. The van der Waals surface area contributed by atoms with Crippen LogP contribution in [0.3, 0.4) is 0 Å². The predicted molar refractivity (Wildman–Crippen MR) is 33.2 cm³/mol. The normalized spacial score (nSPS) is 56.8. The van der Waals surface area contributed by atoms with Crippen molar-refractivity contribution in [3.05, 3.63) is 0 Å². The lowest BCUT2D eigenvalue weighted by molar-refractivity contribution is -0.185. The number of hydrogen-bond acceptors (Lipinski definition) is 4. The van der Waals surface area contributed by atoms with E-state index >= 15 is 0 Å². The van der Waals surface area contributed by atoms with Gasteiger partial charge in [0.2, 0.25) is 0 Å². The van der Waals surface area contributed by atoms with Crippen LogP contribution in [0.5, 0.6) is 0 Å². The summed E-state index contributed by atoms with van der Waals surface area (Å²) in [5.74, 6) is -1.65. The topological polar surface area (TPSA) is 69.9 Å².